The molecule has 0 saturated carbocycles. The van der Waals surface area contributed by atoms with E-state index >= 15 is 0 Å². The van der Waals surface area contributed by atoms with Gasteiger partial charge in [-0.25, -0.2) is 0 Å². The van der Waals surface area contributed by atoms with E-state index in [1.807, 2.05) is 6.07 Å². The van der Waals surface area contributed by atoms with Gasteiger partial charge in [-0.2, -0.15) is 22.3 Å². The fraction of sp³-hybridized carbons (Fsp3) is 0.909. The lowest BCUT2D eigenvalue weighted by Crippen LogP contribution is -2.44. The predicted octanol–water partition coefficient (Wildman–Crippen LogP) is 0.0616. The minimum Gasteiger partial charge on any atom is -0.385 e. The normalized spacial score (nSPS) is 12.0. The molecular weight excluding hydrogens is 270 g/mol. The summed E-state index contributed by atoms with van der Waals surface area (Å²) >= 11 is 0. The highest BCUT2D eigenvalue weighted by atomic mass is 32.2. The van der Waals surface area contributed by atoms with E-state index in [4.69, 9.17) is 14.7 Å². The smallest absolute Gasteiger partial charge is 0.281 e. The Bertz CT molecular complexity index is 367. The zero-order valence-electron chi connectivity index (χ0n) is 11.8. The molecule has 0 fully saturated rings. The zero-order valence-corrected chi connectivity index (χ0v) is 12.6. The molecule has 0 heterocycles. The van der Waals surface area contributed by atoms with Gasteiger partial charge in [-0.1, -0.05) is 0 Å². The van der Waals surface area contributed by atoms with E-state index in [1.165, 1.54) is 22.8 Å². The maximum absolute atomic E-state index is 12.3. The third-order valence-corrected chi connectivity index (χ3v) is 4.55. The molecule has 0 spiro atoms. The Hall–Kier alpha value is -0.720. The Morgan fingerprint density at radius 3 is 2.26 bits per heavy atom. The lowest BCUT2D eigenvalue weighted by atomic mass is 10.4. The van der Waals surface area contributed by atoms with Crippen LogP contribution in [0.3, 0.4) is 0 Å². The summed E-state index contributed by atoms with van der Waals surface area (Å²) < 4.78 is 36.9. The van der Waals surface area contributed by atoms with E-state index in [0.717, 1.165) is 0 Å². The Balaban J connectivity index is 4.60. The molecule has 7 nitrogen and oxygen atoms in total. The topological polar surface area (TPSA) is 82.9 Å². The lowest BCUT2D eigenvalue weighted by Gasteiger charge is -2.26. The summed E-state index contributed by atoms with van der Waals surface area (Å²) in [5, 5.41) is 8.59. The molecule has 0 rings (SSSR count). The Morgan fingerprint density at radius 1 is 1.11 bits per heavy atom. The molecular formula is C11H23N3O4S. The summed E-state index contributed by atoms with van der Waals surface area (Å²) in [6.45, 7) is 1.62. The molecule has 0 aromatic rings. The van der Waals surface area contributed by atoms with Crippen LogP contribution in [0, 0.1) is 11.3 Å². The van der Waals surface area contributed by atoms with Gasteiger partial charge in [0.2, 0.25) is 0 Å². The van der Waals surface area contributed by atoms with Gasteiger partial charge in [0.05, 0.1) is 12.7 Å². The maximum atomic E-state index is 12.3. The van der Waals surface area contributed by atoms with Gasteiger partial charge in [0.25, 0.3) is 10.2 Å². The standard InChI is InChI=1S/C11H23N3O4S/c1-13(7-5-10-17-2)19(15,16)14(8-4-6-12)9-11-18-3/h4-5,7-11H2,1-3H3. The van der Waals surface area contributed by atoms with Crippen molar-refractivity contribution >= 4 is 10.2 Å². The number of nitrogens with zero attached hydrogens (tertiary/aromatic N) is 3. The van der Waals surface area contributed by atoms with Crippen LogP contribution in [0.15, 0.2) is 0 Å². The van der Waals surface area contributed by atoms with Gasteiger partial charge in [0.1, 0.15) is 0 Å². The highest BCUT2D eigenvalue weighted by molar-refractivity contribution is 7.86. The number of methoxy groups -OCH3 is 2. The first-order chi connectivity index (χ1) is 9.00. The van der Waals surface area contributed by atoms with Crippen molar-refractivity contribution in [1.82, 2.24) is 8.61 Å². The first-order valence-electron chi connectivity index (χ1n) is 6.07. The number of hydrogen-bond acceptors (Lipinski definition) is 5. The molecule has 0 N–H and O–H groups in total. The van der Waals surface area contributed by atoms with Crippen molar-refractivity contribution in [2.75, 3.05) is 54.1 Å². The van der Waals surface area contributed by atoms with Crippen molar-refractivity contribution in [2.45, 2.75) is 12.8 Å². The SMILES string of the molecule is COCCCN(C)S(=O)(=O)N(CCC#N)CCOC. The number of nitriles is 1. The molecule has 0 radical (unpaired) electrons. The maximum Gasteiger partial charge on any atom is 0.281 e. The van der Waals surface area contributed by atoms with Crippen LogP contribution >= 0.6 is 0 Å². The van der Waals surface area contributed by atoms with Gasteiger partial charge in [0.15, 0.2) is 0 Å². The average molecular weight is 293 g/mol. The average Bonchev–Trinajstić information content (AvgIpc) is 2.38. The van der Waals surface area contributed by atoms with E-state index in [1.54, 1.807) is 7.11 Å². The van der Waals surface area contributed by atoms with Crippen molar-refractivity contribution in [3.8, 4) is 6.07 Å². The predicted molar refractivity (Wildman–Crippen MR) is 71.7 cm³/mol. The molecule has 112 valence electrons. The van der Waals surface area contributed by atoms with E-state index in [2.05, 4.69) is 0 Å². The Morgan fingerprint density at radius 2 is 1.74 bits per heavy atom. The van der Waals surface area contributed by atoms with Crippen LogP contribution in [0.2, 0.25) is 0 Å². The molecule has 0 unspecified atom stereocenters. The first-order valence-corrected chi connectivity index (χ1v) is 7.46. The minimum absolute atomic E-state index is 0.162. The van der Waals surface area contributed by atoms with Crippen molar-refractivity contribution in [2.24, 2.45) is 0 Å². The zero-order chi connectivity index (χ0) is 14.7. The van der Waals surface area contributed by atoms with Gasteiger partial charge in [-0.3, -0.25) is 0 Å². The molecule has 8 heteroatoms. The number of hydrogen-bond donors (Lipinski definition) is 0. The number of rotatable bonds is 11. The molecule has 0 amide bonds. The van der Waals surface area contributed by atoms with E-state index in [-0.39, 0.29) is 19.5 Å². The molecule has 0 aliphatic carbocycles. The van der Waals surface area contributed by atoms with Gasteiger partial charge in [0, 0.05) is 53.9 Å². The highest BCUT2D eigenvalue weighted by Gasteiger charge is 2.25. The van der Waals surface area contributed by atoms with E-state index in [0.29, 0.717) is 26.2 Å². The van der Waals surface area contributed by atoms with Crippen LogP contribution in [0.1, 0.15) is 12.8 Å². The van der Waals surface area contributed by atoms with Gasteiger partial charge in [-0.15, -0.1) is 0 Å². The van der Waals surface area contributed by atoms with Crippen LogP contribution in [0.25, 0.3) is 0 Å². The van der Waals surface area contributed by atoms with Crippen molar-refractivity contribution in [1.29, 1.82) is 5.26 Å². The van der Waals surface area contributed by atoms with Gasteiger partial charge < -0.3 is 9.47 Å². The third-order valence-electron chi connectivity index (χ3n) is 2.56. The Kier molecular flexibility index (Phi) is 9.73. The summed E-state index contributed by atoms with van der Waals surface area (Å²) in [6, 6.07) is 1.95. The second-order valence-electron chi connectivity index (χ2n) is 3.98. The van der Waals surface area contributed by atoms with Crippen LogP contribution in [-0.2, 0) is 19.7 Å². The Labute approximate surface area is 115 Å². The van der Waals surface area contributed by atoms with Gasteiger partial charge in [-0.05, 0) is 6.42 Å². The molecule has 0 bridgehead atoms. The summed E-state index contributed by atoms with van der Waals surface area (Å²) in [6.07, 6.45) is 0.789. The largest absolute Gasteiger partial charge is 0.385 e. The molecule has 19 heavy (non-hydrogen) atoms. The number of ether oxygens (including phenoxy) is 2. The summed E-state index contributed by atoms with van der Waals surface area (Å²) in [4.78, 5) is 0. The lowest BCUT2D eigenvalue weighted by molar-refractivity contribution is 0.174. The van der Waals surface area contributed by atoms with Crippen molar-refractivity contribution < 1.29 is 17.9 Å². The fourth-order valence-electron chi connectivity index (χ4n) is 1.45. The van der Waals surface area contributed by atoms with E-state index < -0.39 is 10.2 Å². The highest BCUT2D eigenvalue weighted by Crippen LogP contribution is 2.08. The van der Waals surface area contributed by atoms with Crippen LogP contribution in [0.4, 0.5) is 0 Å². The molecule has 0 atom stereocenters. The monoisotopic (exact) mass is 293 g/mol. The van der Waals surface area contributed by atoms with Crippen LogP contribution < -0.4 is 0 Å². The molecule has 0 aromatic carbocycles. The molecule has 0 aliphatic heterocycles. The summed E-state index contributed by atoms with van der Waals surface area (Å²) in [5.74, 6) is 0. The summed E-state index contributed by atoms with van der Waals surface area (Å²) in [5.41, 5.74) is 0. The van der Waals surface area contributed by atoms with Gasteiger partial charge >= 0.3 is 0 Å². The van der Waals surface area contributed by atoms with Crippen molar-refractivity contribution in [3.63, 3.8) is 0 Å². The third kappa shape index (κ3) is 6.84. The fourth-order valence-corrected chi connectivity index (χ4v) is 2.84. The molecule has 0 aliphatic rings. The van der Waals surface area contributed by atoms with Crippen LogP contribution in [0.5, 0.6) is 0 Å². The second-order valence-corrected chi connectivity index (χ2v) is 6.01. The quantitative estimate of drug-likeness (QED) is 0.503. The molecule has 0 saturated heterocycles. The first kappa shape index (κ1) is 18.3. The molecule has 0 aromatic heterocycles. The van der Waals surface area contributed by atoms with Crippen molar-refractivity contribution in [3.05, 3.63) is 0 Å². The minimum atomic E-state index is -3.55. The van der Waals surface area contributed by atoms with Crippen LogP contribution in [-0.4, -0.2) is 71.1 Å². The summed E-state index contributed by atoms with van der Waals surface area (Å²) in [7, 11) is 1.07. The second kappa shape index (κ2) is 10.1. The van der Waals surface area contributed by atoms with E-state index in [9.17, 15) is 8.42 Å².